The minimum Gasteiger partial charge on any atom is -0.495 e. The maximum Gasteiger partial charge on any atom is 0.253 e. The third-order valence-electron chi connectivity index (χ3n) is 4.37. The van der Waals surface area contributed by atoms with Crippen LogP contribution in [0.4, 0.5) is 0 Å². The quantitative estimate of drug-likeness (QED) is 0.906. The standard InChI is InChI=1S/C17H22N2O2/c1-11-15(17(20)19-12-7-4-3-5-8-12)13-9-6-10-14(21-2)16(13)18-11/h6,9-10,12,18H,3-5,7-8H2,1-2H3,(H,19,20). The average molecular weight is 286 g/mol. The van der Waals surface area contributed by atoms with Crippen molar-refractivity contribution >= 4 is 16.8 Å². The number of aromatic amines is 1. The van der Waals surface area contributed by atoms with Crippen molar-refractivity contribution < 1.29 is 9.53 Å². The maximum absolute atomic E-state index is 12.6. The summed E-state index contributed by atoms with van der Waals surface area (Å²) in [6, 6.07) is 6.12. The number of nitrogens with one attached hydrogen (secondary N) is 2. The van der Waals surface area contributed by atoms with Crippen molar-refractivity contribution in [3.05, 3.63) is 29.5 Å². The number of carbonyl (C=O) groups is 1. The number of hydrogen-bond donors (Lipinski definition) is 2. The molecule has 0 saturated heterocycles. The zero-order chi connectivity index (χ0) is 14.8. The molecule has 0 atom stereocenters. The Morgan fingerprint density at radius 3 is 2.76 bits per heavy atom. The van der Waals surface area contributed by atoms with Crippen LogP contribution >= 0.6 is 0 Å². The largest absolute Gasteiger partial charge is 0.495 e. The monoisotopic (exact) mass is 286 g/mol. The number of aryl methyl sites for hydroxylation is 1. The van der Waals surface area contributed by atoms with Crippen molar-refractivity contribution in [1.29, 1.82) is 0 Å². The summed E-state index contributed by atoms with van der Waals surface area (Å²) in [7, 11) is 1.65. The van der Waals surface area contributed by atoms with Gasteiger partial charge in [-0.2, -0.15) is 0 Å². The van der Waals surface area contributed by atoms with Gasteiger partial charge in [-0.05, 0) is 25.8 Å². The molecule has 2 aromatic rings. The number of para-hydroxylation sites is 1. The summed E-state index contributed by atoms with van der Waals surface area (Å²) in [6.07, 6.45) is 5.90. The molecule has 1 aromatic carbocycles. The van der Waals surface area contributed by atoms with E-state index in [-0.39, 0.29) is 5.91 Å². The van der Waals surface area contributed by atoms with E-state index >= 15 is 0 Å². The number of rotatable bonds is 3. The summed E-state index contributed by atoms with van der Waals surface area (Å²) in [5.41, 5.74) is 2.53. The molecule has 0 spiro atoms. The van der Waals surface area contributed by atoms with E-state index < -0.39 is 0 Å². The van der Waals surface area contributed by atoms with Gasteiger partial charge >= 0.3 is 0 Å². The maximum atomic E-state index is 12.6. The van der Waals surface area contributed by atoms with Gasteiger partial charge in [0.15, 0.2) is 0 Å². The molecular formula is C17H22N2O2. The van der Waals surface area contributed by atoms with Gasteiger partial charge in [0.25, 0.3) is 5.91 Å². The molecule has 1 amide bonds. The normalized spacial score (nSPS) is 16.1. The first kappa shape index (κ1) is 14.0. The van der Waals surface area contributed by atoms with Crippen LogP contribution in [-0.2, 0) is 0 Å². The van der Waals surface area contributed by atoms with Crippen LogP contribution in [0.1, 0.15) is 48.2 Å². The summed E-state index contributed by atoms with van der Waals surface area (Å²) in [4.78, 5) is 15.9. The summed E-state index contributed by atoms with van der Waals surface area (Å²) in [6.45, 7) is 1.94. The Morgan fingerprint density at radius 1 is 1.29 bits per heavy atom. The van der Waals surface area contributed by atoms with E-state index in [0.29, 0.717) is 6.04 Å². The molecule has 1 saturated carbocycles. The predicted octanol–water partition coefficient (Wildman–Crippen LogP) is 3.55. The van der Waals surface area contributed by atoms with Crippen molar-refractivity contribution in [3.8, 4) is 5.75 Å². The topological polar surface area (TPSA) is 54.1 Å². The molecule has 4 heteroatoms. The van der Waals surface area contributed by atoms with Gasteiger partial charge in [-0.1, -0.05) is 31.4 Å². The fraction of sp³-hybridized carbons (Fsp3) is 0.471. The van der Waals surface area contributed by atoms with Crippen molar-refractivity contribution in [3.63, 3.8) is 0 Å². The molecule has 0 bridgehead atoms. The Kier molecular flexibility index (Phi) is 3.86. The van der Waals surface area contributed by atoms with Gasteiger partial charge < -0.3 is 15.0 Å². The third kappa shape index (κ3) is 2.62. The number of H-pyrrole nitrogens is 1. The highest BCUT2D eigenvalue weighted by molar-refractivity contribution is 6.09. The molecular weight excluding hydrogens is 264 g/mol. The summed E-state index contributed by atoms with van der Waals surface area (Å²) < 4.78 is 5.36. The Hall–Kier alpha value is -1.97. The van der Waals surface area contributed by atoms with Gasteiger partial charge in [0.1, 0.15) is 5.75 Å². The van der Waals surface area contributed by atoms with E-state index in [0.717, 1.165) is 40.8 Å². The van der Waals surface area contributed by atoms with E-state index in [1.165, 1.54) is 19.3 Å². The number of aromatic nitrogens is 1. The first-order chi connectivity index (χ1) is 10.2. The van der Waals surface area contributed by atoms with Gasteiger partial charge in [-0.15, -0.1) is 0 Å². The second kappa shape index (κ2) is 5.80. The molecule has 0 aliphatic heterocycles. The van der Waals surface area contributed by atoms with E-state index in [2.05, 4.69) is 10.3 Å². The molecule has 1 aliphatic rings. The number of fused-ring (bicyclic) bond motifs is 1. The van der Waals surface area contributed by atoms with Gasteiger partial charge in [-0.3, -0.25) is 4.79 Å². The van der Waals surface area contributed by atoms with Crippen LogP contribution in [0, 0.1) is 6.92 Å². The summed E-state index contributed by atoms with van der Waals surface area (Å²) in [5.74, 6) is 0.797. The van der Waals surface area contributed by atoms with Gasteiger partial charge in [0.05, 0.1) is 18.2 Å². The minimum atomic E-state index is 0.0268. The number of ether oxygens (including phenoxy) is 1. The molecule has 1 aromatic heterocycles. The Morgan fingerprint density at radius 2 is 2.05 bits per heavy atom. The molecule has 21 heavy (non-hydrogen) atoms. The smallest absolute Gasteiger partial charge is 0.253 e. The van der Waals surface area contributed by atoms with E-state index in [1.54, 1.807) is 7.11 Å². The van der Waals surface area contributed by atoms with Crippen molar-refractivity contribution in [2.45, 2.75) is 45.1 Å². The van der Waals surface area contributed by atoms with Crippen molar-refractivity contribution in [2.75, 3.05) is 7.11 Å². The summed E-state index contributed by atoms with van der Waals surface area (Å²) in [5, 5.41) is 4.12. The number of carbonyl (C=O) groups excluding carboxylic acids is 1. The highest BCUT2D eigenvalue weighted by Gasteiger charge is 2.21. The Bertz CT molecular complexity index is 654. The molecule has 0 unspecified atom stereocenters. The van der Waals surface area contributed by atoms with Crippen LogP contribution in [0.25, 0.3) is 10.9 Å². The number of methoxy groups -OCH3 is 1. The molecule has 1 heterocycles. The van der Waals surface area contributed by atoms with Crippen LogP contribution in [0.5, 0.6) is 5.75 Å². The lowest BCUT2D eigenvalue weighted by Crippen LogP contribution is -2.36. The average Bonchev–Trinajstić information content (AvgIpc) is 2.84. The number of benzene rings is 1. The lowest BCUT2D eigenvalue weighted by atomic mass is 9.95. The predicted molar refractivity (Wildman–Crippen MR) is 83.9 cm³/mol. The first-order valence-corrected chi connectivity index (χ1v) is 7.67. The minimum absolute atomic E-state index is 0.0268. The molecule has 0 radical (unpaired) electrons. The van der Waals surface area contributed by atoms with Crippen molar-refractivity contribution in [1.82, 2.24) is 10.3 Å². The second-order valence-corrected chi connectivity index (χ2v) is 5.82. The third-order valence-corrected chi connectivity index (χ3v) is 4.37. The zero-order valence-corrected chi connectivity index (χ0v) is 12.7. The lowest BCUT2D eigenvalue weighted by Gasteiger charge is -2.22. The van der Waals surface area contributed by atoms with Gasteiger partial charge in [-0.25, -0.2) is 0 Å². The van der Waals surface area contributed by atoms with Crippen LogP contribution in [0.15, 0.2) is 18.2 Å². The molecule has 3 rings (SSSR count). The van der Waals surface area contributed by atoms with E-state index in [4.69, 9.17) is 4.74 Å². The van der Waals surface area contributed by atoms with Gasteiger partial charge in [0, 0.05) is 17.1 Å². The Balaban J connectivity index is 1.92. The zero-order valence-electron chi connectivity index (χ0n) is 12.7. The molecule has 2 N–H and O–H groups in total. The van der Waals surface area contributed by atoms with Crippen molar-refractivity contribution in [2.24, 2.45) is 0 Å². The highest BCUT2D eigenvalue weighted by atomic mass is 16.5. The lowest BCUT2D eigenvalue weighted by molar-refractivity contribution is 0.0929. The molecule has 112 valence electrons. The molecule has 1 fully saturated rings. The molecule has 4 nitrogen and oxygen atoms in total. The highest BCUT2D eigenvalue weighted by Crippen LogP contribution is 2.29. The van der Waals surface area contributed by atoms with E-state index in [9.17, 15) is 4.79 Å². The summed E-state index contributed by atoms with van der Waals surface area (Å²) >= 11 is 0. The number of hydrogen-bond acceptors (Lipinski definition) is 2. The SMILES string of the molecule is COc1cccc2c(C(=O)NC3CCCCC3)c(C)[nH]c12. The fourth-order valence-electron chi connectivity index (χ4n) is 3.29. The molecule has 1 aliphatic carbocycles. The second-order valence-electron chi connectivity index (χ2n) is 5.82. The van der Waals surface area contributed by atoms with E-state index in [1.807, 2.05) is 25.1 Å². The Labute approximate surface area is 124 Å². The fourth-order valence-corrected chi connectivity index (χ4v) is 3.29. The van der Waals surface area contributed by atoms with Crippen LogP contribution in [-0.4, -0.2) is 24.0 Å². The van der Waals surface area contributed by atoms with Crippen LogP contribution in [0.2, 0.25) is 0 Å². The van der Waals surface area contributed by atoms with Crippen LogP contribution < -0.4 is 10.1 Å². The first-order valence-electron chi connectivity index (χ1n) is 7.67. The van der Waals surface area contributed by atoms with Gasteiger partial charge in [0.2, 0.25) is 0 Å². The number of amides is 1. The van der Waals surface area contributed by atoms with Crippen LogP contribution in [0.3, 0.4) is 0 Å².